The van der Waals surface area contributed by atoms with Crippen LogP contribution in [0.3, 0.4) is 0 Å². The van der Waals surface area contributed by atoms with E-state index in [1.54, 1.807) is 30.5 Å². The Morgan fingerprint density at radius 2 is 1.96 bits per heavy atom. The van der Waals surface area contributed by atoms with Crippen molar-refractivity contribution in [3.05, 3.63) is 52.3 Å². The minimum absolute atomic E-state index is 0.312. The van der Waals surface area contributed by atoms with Crippen molar-refractivity contribution in [1.82, 2.24) is 4.98 Å². The summed E-state index contributed by atoms with van der Waals surface area (Å²) >= 11 is 12.0. The van der Waals surface area contributed by atoms with Crippen LogP contribution in [0.2, 0.25) is 10.0 Å². The first-order valence-electron chi connectivity index (χ1n) is 7.19. The summed E-state index contributed by atoms with van der Waals surface area (Å²) in [6.07, 6.45) is 1.69. The van der Waals surface area contributed by atoms with Crippen molar-refractivity contribution in [2.24, 2.45) is 0 Å². The Morgan fingerprint density at radius 1 is 1.17 bits per heavy atom. The quantitative estimate of drug-likeness (QED) is 0.919. The first-order chi connectivity index (χ1) is 11.1. The lowest BCUT2D eigenvalue weighted by atomic mass is 10.2. The summed E-state index contributed by atoms with van der Waals surface area (Å²) in [6, 6.07) is 8.65. The highest BCUT2D eigenvalue weighted by Crippen LogP contribution is 2.29. The van der Waals surface area contributed by atoms with E-state index in [0.29, 0.717) is 34.6 Å². The van der Waals surface area contributed by atoms with Gasteiger partial charge in [-0.2, -0.15) is 0 Å². The molecule has 0 unspecified atom stereocenters. The van der Waals surface area contributed by atoms with Crippen molar-refractivity contribution in [1.29, 1.82) is 0 Å². The van der Waals surface area contributed by atoms with Gasteiger partial charge in [0.1, 0.15) is 5.69 Å². The van der Waals surface area contributed by atoms with Gasteiger partial charge in [-0.3, -0.25) is 4.79 Å². The summed E-state index contributed by atoms with van der Waals surface area (Å²) in [5.41, 5.74) is 1.76. The molecule has 23 heavy (non-hydrogen) atoms. The van der Waals surface area contributed by atoms with Gasteiger partial charge in [0.25, 0.3) is 5.91 Å². The van der Waals surface area contributed by atoms with E-state index in [2.05, 4.69) is 15.2 Å². The van der Waals surface area contributed by atoms with E-state index in [4.69, 9.17) is 27.9 Å². The third kappa shape index (κ3) is 3.75. The van der Waals surface area contributed by atoms with Crippen molar-refractivity contribution in [2.45, 2.75) is 0 Å². The Morgan fingerprint density at radius 3 is 2.65 bits per heavy atom. The summed E-state index contributed by atoms with van der Waals surface area (Å²) < 4.78 is 5.32. The molecule has 0 radical (unpaired) electrons. The molecule has 1 fully saturated rings. The molecule has 7 heteroatoms. The standard InChI is InChI=1S/C16H15Cl2N3O2/c17-12-2-1-3-13(15(12)18)20-16(22)14-5-4-11(10-19-14)21-6-8-23-9-7-21/h1-5,10H,6-9H2,(H,20,22). The van der Waals surface area contributed by atoms with Gasteiger partial charge in [-0.25, -0.2) is 4.98 Å². The molecule has 5 nitrogen and oxygen atoms in total. The third-order valence-corrected chi connectivity index (χ3v) is 4.38. The number of hydrogen-bond acceptors (Lipinski definition) is 4. The molecular formula is C16H15Cl2N3O2. The van der Waals surface area contributed by atoms with E-state index < -0.39 is 0 Å². The van der Waals surface area contributed by atoms with Crippen LogP contribution in [0.15, 0.2) is 36.5 Å². The highest BCUT2D eigenvalue weighted by atomic mass is 35.5. The second-order valence-electron chi connectivity index (χ2n) is 5.06. The van der Waals surface area contributed by atoms with E-state index >= 15 is 0 Å². The molecule has 0 aliphatic carbocycles. The maximum atomic E-state index is 12.3. The third-order valence-electron chi connectivity index (χ3n) is 3.56. The molecule has 1 aromatic heterocycles. The number of benzene rings is 1. The van der Waals surface area contributed by atoms with Crippen LogP contribution in [-0.2, 0) is 4.74 Å². The lowest BCUT2D eigenvalue weighted by molar-refractivity contribution is 0.102. The zero-order valence-corrected chi connectivity index (χ0v) is 13.8. The highest BCUT2D eigenvalue weighted by molar-refractivity contribution is 6.44. The molecule has 120 valence electrons. The Kier molecular flexibility index (Phi) is 5.00. The molecule has 1 aromatic carbocycles. The molecule has 1 amide bonds. The van der Waals surface area contributed by atoms with Gasteiger partial charge in [0.15, 0.2) is 0 Å². The lowest BCUT2D eigenvalue weighted by Gasteiger charge is -2.28. The number of nitrogens with zero attached hydrogens (tertiary/aromatic N) is 2. The van der Waals surface area contributed by atoms with Crippen LogP contribution in [0, 0.1) is 0 Å². The average molecular weight is 352 g/mol. The van der Waals surface area contributed by atoms with Gasteiger partial charge >= 0.3 is 0 Å². The fraction of sp³-hybridized carbons (Fsp3) is 0.250. The number of rotatable bonds is 3. The predicted molar refractivity (Wildman–Crippen MR) is 91.7 cm³/mol. The molecule has 1 N–H and O–H groups in total. The normalized spacial score (nSPS) is 14.6. The maximum Gasteiger partial charge on any atom is 0.274 e. The van der Waals surface area contributed by atoms with Crippen LogP contribution < -0.4 is 10.2 Å². The summed E-state index contributed by atoms with van der Waals surface area (Å²) in [5, 5.41) is 3.42. The zero-order valence-electron chi connectivity index (χ0n) is 12.3. The van der Waals surface area contributed by atoms with Crippen LogP contribution in [0.1, 0.15) is 10.5 Å². The molecule has 1 aliphatic rings. The largest absolute Gasteiger partial charge is 0.378 e. The Labute approximate surface area is 144 Å². The van der Waals surface area contributed by atoms with Gasteiger partial charge < -0.3 is 15.0 Å². The Balaban J connectivity index is 1.71. The van der Waals surface area contributed by atoms with Crippen LogP contribution >= 0.6 is 23.2 Å². The molecule has 0 atom stereocenters. The molecule has 1 saturated heterocycles. The van der Waals surface area contributed by atoms with E-state index in [1.807, 2.05) is 6.07 Å². The van der Waals surface area contributed by atoms with Gasteiger partial charge in [-0.15, -0.1) is 0 Å². The van der Waals surface area contributed by atoms with Crippen molar-refractivity contribution in [3.8, 4) is 0 Å². The van der Waals surface area contributed by atoms with Crippen molar-refractivity contribution in [3.63, 3.8) is 0 Å². The minimum atomic E-state index is -0.331. The first-order valence-corrected chi connectivity index (χ1v) is 7.95. The van der Waals surface area contributed by atoms with Crippen LogP contribution in [0.25, 0.3) is 0 Å². The summed E-state index contributed by atoms with van der Waals surface area (Å²) in [4.78, 5) is 18.7. The second kappa shape index (κ2) is 7.17. The van der Waals surface area contributed by atoms with E-state index in [-0.39, 0.29) is 5.91 Å². The highest BCUT2D eigenvalue weighted by Gasteiger charge is 2.14. The summed E-state index contributed by atoms with van der Waals surface area (Å²) in [7, 11) is 0. The Hall–Kier alpha value is -1.82. The number of halogens is 2. The number of amides is 1. The minimum Gasteiger partial charge on any atom is -0.378 e. The van der Waals surface area contributed by atoms with E-state index in [9.17, 15) is 4.79 Å². The first kappa shape index (κ1) is 16.1. The van der Waals surface area contributed by atoms with Gasteiger partial charge in [0.2, 0.25) is 0 Å². The monoisotopic (exact) mass is 351 g/mol. The van der Waals surface area contributed by atoms with Crippen LogP contribution in [-0.4, -0.2) is 37.2 Å². The van der Waals surface area contributed by atoms with Gasteiger partial charge in [0.05, 0.1) is 40.8 Å². The van der Waals surface area contributed by atoms with Crippen LogP contribution in [0.5, 0.6) is 0 Å². The number of nitrogens with one attached hydrogen (secondary N) is 1. The molecule has 2 heterocycles. The number of carbonyl (C=O) groups is 1. The average Bonchev–Trinajstić information content (AvgIpc) is 2.60. The van der Waals surface area contributed by atoms with Crippen molar-refractivity contribution in [2.75, 3.05) is 36.5 Å². The van der Waals surface area contributed by atoms with Crippen molar-refractivity contribution < 1.29 is 9.53 Å². The maximum absolute atomic E-state index is 12.3. The lowest BCUT2D eigenvalue weighted by Crippen LogP contribution is -2.36. The molecule has 1 aliphatic heterocycles. The number of hydrogen-bond donors (Lipinski definition) is 1. The Bertz CT molecular complexity index is 701. The second-order valence-corrected chi connectivity index (χ2v) is 5.84. The fourth-order valence-corrected chi connectivity index (χ4v) is 2.66. The molecule has 2 aromatic rings. The predicted octanol–water partition coefficient (Wildman–Crippen LogP) is 3.48. The summed E-state index contributed by atoms with van der Waals surface area (Å²) in [5.74, 6) is -0.331. The smallest absolute Gasteiger partial charge is 0.274 e. The van der Waals surface area contributed by atoms with Gasteiger partial charge in [-0.05, 0) is 24.3 Å². The van der Waals surface area contributed by atoms with E-state index in [0.717, 1.165) is 18.8 Å². The van der Waals surface area contributed by atoms with Gasteiger partial charge in [-0.1, -0.05) is 29.3 Å². The van der Waals surface area contributed by atoms with Crippen LogP contribution in [0.4, 0.5) is 11.4 Å². The summed E-state index contributed by atoms with van der Waals surface area (Å²) in [6.45, 7) is 3.06. The van der Waals surface area contributed by atoms with Gasteiger partial charge in [0, 0.05) is 13.1 Å². The molecular weight excluding hydrogens is 337 g/mol. The van der Waals surface area contributed by atoms with E-state index in [1.165, 1.54) is 0 Å². The molecule has 3 rings (SSSR count). The fourth-order valence-electron chi connectivity index (χ4n) is 2.32. The molecule has 0 bridgehead atoms. The van der Waals surface area contributed by atoms with Crippen molar-refractivity contribution >= 4 is 40.5 Å². The topological polar surface area (TPSA) is 54.5 Å². The number of carbonyl (C=O) groups excluding carboxylic acids is 1. The number of morpholine rings is 1. The molecule has 0 spiro atoms. The number of anilines is 2. The number of aromatic nitrogens is 1. The number of pyridine rings is 1. The molecule has 0 saturated carbocycles. The SMILES string of the molecule is O=C(Nc1cccc(Cl)c1Cl)c1ccc(N2CCOCC2)cn1. The number of ether oxygens (including phenoxy) is 1. The zero-order chi connectivity index (χ0) is 16.2.